The van der Waals surface area contributed by atoms with Gasteiger partial charge < -0.3 is 4.90 Å². The molecule has 160 valence electrons. The Balaban J connectivity index is 1.60. The fourth-order valence-electron chi connectivity index (χ4n) is 4.16. The Morgan fingerprint density at radius 1 is 1.23 bits per heavy atom. The van der Waals surface area contributed by atoms with Crippen molar-refractivity contribution in [2.24, 2.45) is 0 Å². The van der Waals surface area contributed by atoms with Crippen LogP contribution in [0, 0.1) is 0 Å². The predicted octanol–water partition coefficient (Wildman–Crippen LogP) is 3.10. The van der Waals surface area contributed by atoms with Gasteiger partial charge >= 0.3 is 0 Å². The van der Waals surface area contributed by atoms with Gasteiger partial charge in [0.05, 0.1) is 41.1 Å². The maximum Gasteiger partial charge on any atom is 0.259 e. The third kappa shape index (κ3) is 3.27. The fraction of sp³-hybridized carbons (Fsp3) is 0.429. The zero-order chi connectivity index (χ0) is 21.8. The number of anilines is 2. The summed E-state index contributed by atoms with van der Waals surface area (Å²) in [5.74, 6) is 0.0223. The largest absolute Gasteiger partial charge is 0.368 e. The van der Waals surface area contributed by atoms with Crippen LogP contribution in [0.5, 0.6) is 0 Å². The van der Waals surface area contributed by atoms with Gasteiger partial charge in [-0.2, -0.15) is 4.31 Å². The highest BCUT2D eigenvalue weighted by Crippen LogP contribution is 2.43. The number of hydrogen-bond acceptors (Lipinski definition) is 5. The highest BCUT2D eigenvalue weighted by molar-refractivity contribution is 7.89. The Bertz CT molecular complexity index is 1110. The van der Waals surface area contributed by atoms with E-state index in [2.05, 4.69) is 4.98 Å². The van der Waals surface area contributed by atoms with E-state index in [1.54, 1.807) is 36.4 Å². The number of likely N-dealkylation sites (N-methyl/N-ethyl adjacent to an activating group) is 1. The van der Waals surface area contributed by atoms with Crippen LogP contribution in [0.3, 0.4) is 0 Å². The van der Waals surface area contributed by atoms with Crippen LogP contribution < -0.4 is 9.80 Å². The SMILES string of the molecule is CCS(=O)(=O)N1CC(N(C)c2cncc(N3C(=O)c4ccc(Cl)cc4C3(C)C)c2)C1. The lowest BCUT2D eigenvalue weighted by Gasteiger charge is -2.43. The number of rotatable bonds is 5. The molecule has 4 rings (SSSR count). The molecule has 9 heteroatoms. The molecule has 3 heterocycles. The standard InChI is InChI=1S/C21H25ClN4O3S/c1-5-30(28,29)25-12-17(13-25)24(4)15-9-16(11-23-10-15)26-20(27)18-7-6-14(22)8-19(18)21(26,2)3/h6-11,17H,5,12-13H2,1-4H3. The third-order valence-electron chi connectivity index (χ3n) is 6.14. The summed E-state index contributed by atoms with van der Waals surface area (Å²) < 4.78 is 25.5. The quantitative estimate of drug-likeness (QED) is 0.702. The average molecular weight is 449 g/mol. The van der Waals surface area contributed by atoms with E-state index in [0.29, 0.717) is 29.4 Å². The van der Waals surface area contributed by atoms with Gasteiger partial charge in [0.2, 0.25) is 10.0 Å². The van der Waals surface area contributed by atoms with Crippen LogP contribution in [0.2, 0.25) is 5.02 Å². The van der Waals surface area contributed by atoms with Crippen LogP contribution in [0.15, 0.2) is 36.7 Å². The second-order valence-corrected chi connectivity index (χ2v) is 11.0. The van der Waals surface area contributed by atoms with Crippen molar-refractivity contribution in [1.82, 2.24) is 9.29 Å². The molecule has 0 spiro atoms. The van der Waals surface area contributed by atoms with Gasteiger partial charge in [-0.3, -0.25) is 14.7 Å². The molecule has 0 unspecified atom stereocenters. The van der Waals surface area contributed by atoms with E-state index in [1.165, 1.54) is 4.31 Å². The predicted molar refractivity (Wildman–Crippen MR) is 119 cm³/mol. The summed E-state index contributed by atoms with van der Waals surface area (Å²) in [5, 5.41) is 0.597. The lowest BCUT2D eigenvalue weighted by molar-refractivity contribution is 0.0982. The minimum Gasteiger partial charge on any atom is -0.368 e. The number of nitrogens with zero attached hydrogens (tertiary/aromatic N) is 4. The van der Waals surface area contributed by atoms with Crippen LogP contribution in [0.4, 0.5) is 11.4 Å². The molecule has 2 aliphatic rings. The Morgan fingerprint density at radius 3 is 2.60 bits per heavy atom. The first kappa shape index (κ1) is 21.1. The monoisotopic (exact) mass is 448 g/mol. The minimum absolute atomic E-state index is 0.0710. The number of hydrogen-bond donors (Lipinski definition) is 0. The number of carbonyl (C=O) groups is 1. The summed E-state index contributed by atoms with van der Waals surface area (Å²) in [5.41, 5.74) is 2.49. The summed E-state index contributed by atoms with van der Waals surface area (Å²) in [7, 11) is -1.24. The van der Waals surface area contributed by atoms with Crippen molar-refractivity contribution in [2.45, 2.75) is 32.4 Å². The first-order valence-electron chi connectivity index (χ1n) is 9.86. The van der Waals surface area contributed by atoms with Gasteiger partial charge in [-0.25, -0.2) is 8.42 Å². The number of benzene rings is 1. The van der Waals surface area contributed by atoms with Crippen molar-refractivity contribution < 1.29 is 13.2 Å². The van der Waals surface area contributed by atoms with Crippen molar-refractivity contribution >= 4 is 38.9 Å². The van der Waals surface area contributed by atoms with E-state index in [0.717, 1.165) is 11.3 Å². The molecular formula is C21H25ClN4O3S. The van der Waals surface area contributed by atoms with E-state index in [4.69, 9.17) is 11.6 Å². The molecule has 2 aliphatic heterocycles. The molecule has 0 radical (unpaired) electrons. The lowest BCUT2D eigenvalue weighted by Crippen LogP contribution is -2.60. The molecule has 1 saturated heterocycles. The van der Waals surface area contributed by atoms with E-state index in [9.17, 15) is 13.2 Å². The highest BCUT2D eigenvalue weighted by Gasteiger charge is 2.44. The van der Waals surface area contributed by atoms with Crippen LogP contribution in [-0.2, 0) is 15.6 Å². The Labute approximate surface area is 182 Å². The van der Waals surface area contributed by atoms with Gasteiger partial charge in [-0.05, 0) is 50.6 Å². The van der Waals surface area contributed by atoms with Gasteiger partial charge in [-0.15, -0.1) is 0 Å². The molecule has 2 aromatic rings. The Morgan fingerprint density at radius 2 is 1.93 bits per heavy atom. The highest BCUT2D eigenvalue weighted by atomic mass is 35.5. The second-order valence-electron chi connectivity index (χ2n) is 8.27. The molecule has 1 fully saturated rings. The summed E-state index contributed by atoms with van der Waals surface area (Å²) in [6, 6.07) is 7.34. The van der Waals surface area contributed by atoms with Gasteiger partial charge in [0.1, 0.15) is 0 Å². The fourth-order valence-corrected chi connectivity index (χ4v) is 5.49. The molecule has 0 saturated carbocycles. The molecule has 30 heavy (non-hydrogen) atoms. The van der Waals surface area contributed by atoms with Crippen LogP contribution in [0.25, 0.3) is 0 Å². The average Bonchev–Trinajstić information content (AvgIpc) is 2.85. The van der Waals surface area contributed by atoms with Gasteiger partial charge in [0.25, 0.3) is 5.91 Å². The summed E-state index contributed by atoms with van der Waals surface area (Å²) in [6.07, 6.45) is 3.41. The lowest BCUT2D eigenvalue weighted by atomic mass is 9.93. The van der Waals surface area contributed by atoms with E-state index in [-0.39, 0.29) is 17.7 Å². The van der Waals surface area contributed by atoms with E-state index < -0.39 is 15.6 Å². The van der Waals surface area contributed by atoms with Crippen molar-refractivity contribution in [3.63, 3.8) is 0 Å². The summed E-state index contributed by atoms with van der Waals surface area (Å²) in [6.45, 7) is 6.54. The van der Waals surface area contributed by atoms with Gasteiger partial charge in [-0.1, -0.05) is 11.6 Å². The number of halogens is 1. The molecule has 1 aromatic heterocycles. The molecule has 1 amide bonds. The number of pyridine rings is 1. The number of aromatic nitrogens is 1. The van der Waals surface area contributed by atoms with Crippen molar-refractivity contribution in [3.05, 3.63) is 52.8 Å². The molecule has 0 N–H and O–H groups in total. The molecule has 7 nitrogen and oxygen atoms in total. The maximum absolute atomic E-state index is 13.2. The van der Waals surface area contributed by atoms with Crippen molar-refractivity contribution in [1.29, 1.82) is 0 Å². The first-order chi connectivity index (χ1) is 14.1. The first-order valence-corrected chi connectivity index (χ1v) is 11.8. The van der Waals surface area contributed by atoms with Crippen molar-refractivity contribution in [2.75, 3.05) is 35.7 Å². The smallest absolute Gasteiger partial charge is 0.259 e. The Kier molecular flexibility index (Phi) is 5.07. The number of fused-ring (bicyclic) bond motifs is 1. The van der Waals surface area contributed by atoms with E-state index >= 15 is 0 Å². The number of sulfonamides is 1. The topological polar surface area (TPSA) is 73.8 Å². The number of carbonyl (C=O) groups excluding carboxylic acids is 1. The van der Waals surface area contributed by atoms with Gasteiger partial charge in [0, 0.05) is 30.7 Å². The summed E-state index contributed by atoms with van der Waals surface area (Å²) >= 11 is 6.17. The second kappa shape index (κ2) is 7.21. The molecule has 1 aromatic carbocycles. The van der Waals surface area contributed by atoms with Gasteiger partial charge in [0.15, 0.2) is 0 Å². The maximum atomic E-state index is 13.2. The summed E-state index contributed by atoms with van der Waals surface area (Å²) in [4.78, 5) is 21.3. The normalized spacial score (nSPS) is 19.0. The molecular weight excluding hydrogens is 424 g/mol. The molecule has 0 aliphatic carbocycles. The zero-order valence-corrected chi connectivity index (χ0v) is 19.0. The van der Waals surface area contributed by atoms with Crippen LogP contribution in [-0.4, -0.2) is 55.5 Å². The third-order valence-corrected chi connectivity index (χ3v) is 8.19. The molecule has 0 atom stereocenters. The van der Waals surface area contributed by atoms with Crippen LogP contribution in [0.1, 0.15) is 36.7 Å². The Hall–Kier alpha value is -2.16. The zero-order valence-electron chi connectivity index (χ0n) is 17.5. The molecule has 0 bridgehead atoms. The van der Waals surface area contributed by atoms with E-state index in [1.807, 2.05) is 37.9 Å². The number of amides is 1. The van der Waals surface area contributed by atoms with Crippen molar-refractivity contribution in [3.8, 4) is 0 Å². The minimum atomic E-state index is -3.16. The van der Waals surface area contributed by atoms with Crippen LogP contribution >= 0.6 is 11.6 Å².